The molecule has 20 heavy (non-hydrogen) atoms. The molecule has 2 rings (SSSR count). The zero-order chi connectivity index (χ0) is 14.9. The second-order valence-corrected chi connectivity index (χ2v) is 4.41. The second-order valence-electron chi connectivity index (χ2n) is 4.41. The number of anilines is 1. The number of carboxylic acids is 1. The molecular weight excluding hydrogens is 264 g/mol. The van der Waals surface area contributed by atoms with Crippen molar-refractivity contribution in [3.05, 3.63) is 29.8 Å². The predicted octanol–water partition coefficient (Wildman–Crippen LogP) is -0.119. The summed E-state index contributed by atoms with van der Waals surface area (Å²) in [4.78, 5) is 46.1. The molecule has 2 amide bonds. The number of carbonyl (C=O) groups is 4. The number of ketones is 1. The van der Waals surface area contributed by atoms with Crippen LogP contribution in [0.2, 0.25) is 0 Å². The van der Waals surface area contributed by atoms with Crippen LogP contribution >= 0.6 is 0 Å². The lowest BCUT2D eigenvalue weighted by Crippen LogP contribution is -2.44. The summed E-state index contributed by atoms with van der Waals surface area (Å²) in [6.07, 6.45) is 0. The number of Topliss-reactive ketones (excluding diaryl/α,β-unsaturated/α-hetero) is 1. The van der Waals surface area contributed by atoms with Gasteiger partial charge in [0, 0.05) is 5.69 Å². The minimum absolute atomic E-state index is 0.417. The number of benzene rings is 1. The molecule has 1 heterocycles. The van der Waals surface area contributed by atoms with Gasteiger partial charge in [-0.25, -0.2) is 0 Å². The third-order valence-corrected chi connectivity index (χ3v) is 3.00. The molecule has 1 aromatic rings. The van der Waals surface area contributed by atoms with Crippen molar-refractivity contribution in [2.45, 2.75) is 18.9 Å². The molecule has 0 saturated carbocycles. The molecule has 0 aliphatic carbocycles. The third-order valence-electron chi connectivity index (χ3n) is 3.00. The molecule has 1 aliphatic heterocycles. The first-order chi connectivity index (χ1) is 9.41. The Labute approximate surface area is 114 Å². The zero-order valence-electron chi connectivity index (χ0n) is 10.5. The molecular formula is C13H12N2O5. The highest BCUT2D eigenvalue weighted by atomic mass is 16.4. The minimum Gasteiger partial charge on any atom is -0.480 e. The van der Waals surface area contributed by atoms with Gasteiger partial charge in [-0.15, -0.1) is 0 Å². The van der Waals surface area contributed by atoms with Gasteiger partial charge in [0.2, 0.25) is 11.7 Å². The fourth-order valence-corrected chi connectivity index (χ4v) is 1.93. The summed E-state index contributed by atoms with van der Waals surface area (Å²) in [5.41, 5.74) is 0.899. The fourth-order valence-electron chi connectivity index (χ4n) is 1.93. The Kier molecular flexibility index (Phi) is 3.51. The highest BCUT2D eigenvalue weighted by Gasteiger charge is 2.39. The van der Waals surface area contributed by atoms with Crippen LogP contribution in [0.25, 0.3) is 0 Å². The molecule has 0 spiro atoms. The normalized spacial score (nSPS) is 17.9. The van der Waals surface area contributed by atoms with E-state index in [1.54, 1.807) is 24.3 Å². The van der Waals surface area contributed by atoms with Crippen LogP contribution in [0.3, 0.4) is 0 Å². The van der Waals surface area contributed by atoms with Crippen molar-refractivity contribution < 1.29 is 24.3 Å². The smallest absolute Gasteiger partial charge is 0.325 e. The van der Waals surface area contributed by atoms with Crippen molar-refractivity contribution in [2.24, 2.45) is 0 Å². The molecule has 1 aliphatic rings. The van der Waals surface area contributed by atoms with Crippen molar-refractivity contribution in [3.63, 3.8) is 0 Å². The van der Waals surface area contributed by atoms with Gasteiger partial charge in [-0.3, -0.25) is 19.2 Å². The van der Waals surface area contributed by atoms with E-state index in [-0.39, 0.29) is 0 Å². The molecule has 0 unspecified atom stereocenters. The summed E-state index contributed by atoms with van der Waals surface area (Å²) in [6, 6.07) is 5.34. The molecule has 7 nitrogen and oxygen atoms in total. The van der Waals surface area contributed by atoms with E-state index in [1.807, 2.05) is 5.32 Å². The maximum Gasteiger partial charge on any atom is 0.325 e. The first kappa shape index (κ1) is 13.7. The average Bonchev–Trinajstić information content (AvgIpc) is 2.73. The van der Waals surface area contributed by atoms with E-state index in [4.69, 9.17) is 5.11 Å². The summed E-state index contributed by atoms with van der Waals surface area (Å²) >= 11 is 0. The molecule has 3 N–H and O–H groups in total. The SMILES string of the molecule is C[C@H](NC(=O)C(=O)[C@@H]1C(=O)Nc2ccccc21)C(=O)O. The van der Waals surface area contributed by atoms with Crippen LogP contribution in [-0.2, 0) is 19.2 Å². The Morgan fingerprint density at radius 2 is 1.95 bits per heavy atom. The number of fused-ring (bicyclic) bond motifs is 1. The van der Waals surface area contributed by atoms with Crippen LogP contribution in [0.15, 0.2) is 24.3 Å². The van der Waals surface area contributed by atoms with E-state index in [2.05, 4.69) is 5.32 Å². The van der Waals surface area contributed by atoms with Crippen molar-refractivity contribution in [1.82, 2.24) is 5.32 Å². The molecule has 2 atom stereocenters. The van der Waals surface area contributed by atoms with Gasteiger partial charge in [-0.05, 0) is 18.6 Å². The molecule has 0 radical (unpaired) electrons. The van der Waals surface area contributed by atoms with Gasteiger partial charge in [-0.2, -0.15) is 0 Å². The lowest BCUT2D eigenvalue weighted by molar-refractivity contribution is -0.144. The topological polar surface area (TPSA) is 113 Å². The van der Waals surface area contributed by atoms with Gasteiger partial charge < -0.3 is 15.7 Å². The van der Waals surface area contributed by atoms with E-state index in [1.165, 1.54) is 6.92 Å². The Balaban J connectivity index is 2.19. The Bertz CT molecular complexity index is 611. The molecule has 0 bridgehead atoms. The van der Waals surface area contributed by atoms with Gasteiger partial charge in [0.15, 0.2) is 0 Å². The number of para-hydroxylation sites is 1. The average molecular weight is 276 g/mol. The molecule has 0 fully saturated rings. The summed E-state index contributed by atoms with van der Waals surface area (Å²) in [6.45, 7) is 1.23. The number of hydrogen-bond donors (Lipinski definition) is 3. The molecule has 104 valence electrons. The first-order valence-electron chi connectivity index (χ1n) is 5.89. The Morgan fingerprint density at radius 3 is 2.60 bits per heavy atom. The highest BCUT2D eigenvalue weighted by molar-refractivity contribution is 6.44. The summed E-state index contributed by atoms with van der Waals surface area (Å²) in [5.74, 6) is -5.14. The van der Waals surface area contributed by atoms with Gasteiger partial charge in [-0.1, -0.05) is 18.2 Å². The second kappa shape index (κ2) is 5.12. The fraction of sp³-hybridized carbons (Fsp3) is 0.231. The van der Waals surface area contributed by atoms with Crippen LogP contribution in [0.5, 0.6) is 0 Å². The number of carbonyl (C=O) groups excluding carboxylic acids is 3. The summed E-state index contributed by atoms with van der Waals surface area (Å²) in [7, 11) is 0. The monoisotopic (exact) mass is 276 g/mol. The zero-order valence-corrected chi connectivity index (χ0v) is 10.5. The van der Waals surface area contributed by atoms with Gasteiger partial charge >= 0.3 is 5.97 Å². The number of nitrogens with one attached hydrogen (secondary N) is 2. The Morgan fingerprint density at radius 1 is 1.30 bits per heavy atom. The van der Waals surface area contributed by atoms with Crippen molar-refractivity contribution in [2.75, 3.05) is 5.32 Å². The molecule has 7 heteroatoms. The van der Waals surface area contributed by atoms with Gasteiger partial charge in [0.1, 0.15) is 12.0 Å². The summed E-state index contributed by atoms with van der Waals surface area (Å²) < 4.78 is 0. The molecule has 0 aromatic heterocycles. The number of carboxylic acid groups (broad SMARTS) is 1. The Hall–Kier alpha value is -2.70. The largest absolute Gasteiger partial charge is 0.480 e. The van der Waals surface area contributed by atoms with Gasteiger partial charge in [0.05, 0.1) is 0 Å². The number of aliphatic carboxylic acids is 1. The minimum atomic E-state index is -1.26. The van der Waals surface area contributed by atoms with Crippen LogP contribution < -0.4 is 10.6 Å². The molecule has 1 aromatic carbocycles. The van der Waals surface area contributed by atoms with E-state index >= 15 is 0 Å². The van der Waals surface area contributed by atoms with Crippen LogP contribution in [-0.4, -0.2) is 34.7 Å². The standard InChI is InChI=1S/C13H12N2O5/c1-6(13(19)20)14-12(18)10(16)9-7-4-2-3-5-8(7)15-11(9)17/h2-6,9H,1H3,(H,14,18)(H,15,17)(H,19,20)/t6-,9+/m0/s1. The van der Waals surface area contributed by atoms with Crippen LogP contribution in [0.4, 0.5) is 5.69 Å². The summed E-state index contributed by atoms with van der Waals surface area (Å²) in [5, 5.41) is 13.2. The lowest BCUT2D eigenvalue weighted by Gasteiger charge is -2.11. The van der Waals surface area contributed by atoms with E-state index in [0.29, 0.717) is 11.3 Å². The van der Waals surface area contributed by atoms with Crippen molar-refractivity contribution in [3.8, 4) is 0 Å². The molecule has 0 saturated heterocycles. The van der Waals surface area contributed by atoms with Gasteiger partial charge in [0.25, 0.3) is 5.91 Å². The van der Waals surface area contributed by atoms with Crippen LogP contribution in [0, 0.1) is 0 Å². The maximum absolute atomic E-state index is 12.0. The van der Waals surface area contributed by atoms with E-state index in [9.17, 15) is 19.2 Å². The number of rotatable bonds is 4. The van der Waals surface area contributed by atoms with E-state index < -0.39 is 35.5 Å². The quantitative estimate of drug-likeness (QED) is 0.524. The third kappa shape index (κ3) is 2.37. The van der Waals surface area contributed by atoms with Crippen molar-refractivity contribution >= 4 is 29.3 Å². The highest BCUT2D eigenvalue weighted by Crippen LogP contribution is 2.32. The number of hydrogen-bond acceptors (Lipinski definition) is 4. The van der Waals surface area contributed by atoms with Crippen LogP contribution in [0.1, 0.15) is 18.4 Å². The lowest BCUT2D eigenvalue weighted by atomic mass is 9.95. The maximum atomic E-state index is 12.0. The first-order valence-corrected chi connectivity index (χ1v) is 5.89. The predicted molar refractivity (Wildman–Crippen MR) is 68.1 cm³/mol. The van der Waals surface area contributed by atoms with Crippen molar-refractivity contribution in [1.29, 1.82) is 0 Å². The van der Waals surface area contributed by atoms with E-state index in [0.717, 1.165) is 0 Å². The number of amides is 2.